The van der Waals surface area contributed by atoms with E-state index in [1.54, 1.807) is 0 Å². The molecule has 6 nitrogen and oxygen atoms in total. The van der Waals surface area contributed by atoms with Crippen LogP contribution in [0.2, 0.25) is 0 Å². The number of nitrogens with two attached hydrogens (primary N) is 1. The molecule has 0 bridgehead atoms. The van der Waals surface area contributed by atoms with Crippen LogP contribution in [0.1, 0.15) is 12.8 Å². The largest absolute Gasteiger partial charge is 0.399 e. The molecule has 118 valence electrons. The highest BCUT2D eigenvalue weighted by atomic mass is 79.9. The van der Waals surface area contributed by atoms with Crippen molar-refractivity contribution in [2.24, 2.45) is 16.8 Å². The fourth-order valence-electron chi connectivity index (χ4n) is 3.44. The van der Waals surface area contributed by atoms with Gasteiger partial charge in [-0.25, -0.2) is 0 Å². The van der Waals surface area contributed by atoms with Crippen molar-refractivity contribution in [3.63, 3.8) is 0 Å². The Kier molecular flexibility index (Phi) is 4.81. The SMILES string of the molecule is NC1=C(N2CC(CN3CCOCC3)C2)CC(Br)CC1N=O. The average molecular weight is 359 g/mol. The molecular weight excluding hydrogens is 336 g/mol. The van der Waals surface area contributed by atoms with Gasteiger partial charge in [-0.1, -0.05) is 21.1 Å². The lowest BCUT2D eigenvalue weighted by Crippen LogP contribution is -2.53. The van der Waals surface area contributed by atoms with E-state index in [0.29, 0.717) is 22.9 Å². The normalized spacial score (nSPS) is 32.1. The van der Waals surface area contributed by atoms with E-state index in [-0.39, 0.29) is 6.04 Å². The first-order chi connectivity index (χ1) is 10.2. The zero-order valence-corrected chi connectivity index (χ0v) is 13.8. The first-order valence-electron chi connectivity index (χ1n) is 7.67. The first-order valence-corrected chi connectivity index (χ1v) is 8.59. The van der Waals surface area contributed by atoms with E-state index in [1.807, 2.05) is 0 Å². The van der Waals surface area contributed by atoms with Crippen LogP contribution in [0.5, 0.6) is 0 Å². The summed E-state index contributed by atoms with van der Waals surface area (Å²) in [6, 6.07) is -0.364. The summed E-state index contributed by atoms with van der Waals surface area (Å²) in [5, 5.41) is 3.17. The van der Waals surface area contributed by atoms with Crippen LogP contribution < -0.4 is 5.73 Å². The number of nitrogens with zero attached hydrogens (tertiary/aromatic N) is 3. The van der Waals surface area contributed by atoms with E-state index in [9.17, 15) is 4.91 Å². The monoisotopic (exact) mass is 358 g/mol. The molecule has 0 saturated carbocycles. The second kappa shape index (κ2) is 6.62. The topological polar surface area (TPSA) is 71.2 Å². The van der Waals surface area contributed by atoms with Gasteiger partial charge in [0.05, 0.1) is 18.9 Å². The Labute approximate surface area is 133 Å². The van der Waals surface area contributed by atoms with E-state index in [1.165, 1.54) is 0 Å². The molecule has 3 rings (SSSR count). The van der Waals surface area contributed by atoms with Crippen LogP contribution in [0.4, 0.5) is 0 Å². The number of rotatable bonds is 4. The summed E-state index contributed by atoms with van der Waals surface area (Å²) in [5.41, 5.74) is 7.95. The van der Waals surface area contributed by atoms with Gasteiger partial charge in [0.25, 0.3) is 0 Å². The molecule has 2 fully saturated rings. The van der Waals surface area contributed by atoms with Gasteiger partial charge in [-0.05, 0) is 6.42 Å². The van der Waals surface area contributed by atoms with E-state index >= 15 is 0 Å². The molecule has 2 saturated heterocycles. The second-order valence-electron chi connectivity index (χ2n) is 6.24. The number of nitroso groups, excluding NO2 is 1. The van der Waals surface area contributed by atoms with Gasteiger partial charge in [-0.3, -0.25) is 4.90 Å². The number of allylic oxidation sites excluding steroid dienone is 1. The minimum Gasteiger partial charge on any atom is -0.399 e. The number of likely N-dealkylation sites (tertiary alicyclic amines) is 1. The first kappa shape index (κ1) is 15.2. The number of hydrogen-bond acceptors (Lipinski definition) is 6. The predicted octanol–water partition coefficient (Wildman–Crippen LogP) is 1.11. The summed E-state index contributed by atoms with van der Waals surface area (Å²) in [5.74, 6) is 0.696. The van der Waals surface area contributed by atoms with Gasteiger partial charge in [0.1, 0.15) is 6.04 Å². The lowest BCUT2D eigenvalue weighted by molar-refractivity contribution is 0.0119. The highest BCUT2D eigenvalue weighted by Crippen LogP contribution is 2.34. The van der Waals surface area contributed by atoms with Crippen molar-refractivity contribution < 1.29 is 4.74 Å². The molecular formula is C14H23BrN4O2. The number of ether oxygens (including phenoxy) is 1. The van der Waals surface area contributed by atoms with E-state index in [0.717, 1.165) is 58.1 Å². The molecule has 2 unspecified atom stereocenters. The fraction of sp³-hybridized carbons (Fsp3) is 0.857. The minimum atomic E-state index is -0.364. The lowest BCUT2D eigenvalue weighted by Gasteiger charge is -2.46. The summed E-state index contributed by atoms with van der Waals surface area (Å²) in [7, 11) is 0. The summed E-state index contributed by atoms with van der Waals surface area (Å²) in [6.07, 6.45) is 1.62. The Morgan fingerprint density at radius 3 is 2.71 bits per heavy atom. The van der Waals surface area contributed by atoms with Crippen molar-refractivity contribution in [1.29, 1.82) is 0 Å². The van der Waals surface area contributed by atoms with Crippen molar-refractivity contribution in [3.05, 3.63) is 16.3 Å². The Morgan fingerprint density at radius 2 is 2.05 bits per heavy atom. The van der Waals surface area contributed by atoms with Gasteiger partial charge in [0, 0.05) is 55.6 Å². The van der Waals surface area contributed by atoms with Gasteiger partial charge < -0.3 is 15.4 Å². The molecule has 0 radical (unpaired) electrons. The molecule has 0 aromatic heterocycles. The molecule has 0 amide bonds. The average Bonchev–Trinajstić information content (AvgIpc) is 2.46. The molecule has 7 heteroatoms. The lowest BCUT2D eigenvalue weighted by atomic mass is 9.91. The van der Waals surface area contributed by atoms with Crippen LogP contribution in [0, 0.1) is 10.8 Å². The third kappa shape index (κ3) is 3.40. The van der Waals surface area contributed by atoms with Crippen LogP contribution in [0.15, 0.2) is 16.6 Å². The van der Waals surface area contributed by atoms with Gasteiger partial charge >= 0.3 is 0 Å². The van der Waals surface area contributed by atoms with Gasteiger partial charge in [0.15, 0.2) is 0 Å². The predicted molar refractivity (Wildman–Crippen MR) is 85.1 cm³/mol. The molecule has 1 aliphatic carbocycles. The van der Waals surface area contributed by atoms with Crippen molar-refractivity contribution in [1.82, 2.24) is 9.80 Å². The molecule has 0 aromatic rings. The molecule has 21 heavy (non-hydrogen) atoms. The molecule has 0 aromatic carbocycles. The van der Waals surface area contributed by atoms with E-state index < -0.39 is 0 Å². The van der Waals surface area contributed by atoms with Gasteiger partial charge in [0.2, 0.25) is 0 Å². The maximum absolute atomic E-state index is 10.9. The summed E-state index contributed by atoms with van der Waals surface area (Å²) < 4.78 is 5.38. The number of alkyl halides is 1. The summed E-state index contributed by atoms with van der Waals surface area (Å²) >= 11 is 3.62. The van der Waals surface area contributed by atoms with Crippen molar-refractivity contribution >= 4 is 15.9 Å². The van der Waals surface area contributed by atoms with Crippen molar-refractivity contribution in [2.45, 2.75) is 23.7 Å². The maximum atomic E-state index is 10.9. The minimum absolute atomic E-state index is 0.306. The zero-order valence-electron chi connectivity index (χ0n) is 12.2. The molecule has 2 heterocycles. The number of hydrogen-bond donors (Lipinski definition) is 1. The second-order valence-corrected chi connectivity index (χ2v) is 7.54. The Hall–Kier alpha value is -0.660. The molecule has 2 aliphatic heterocycles. The highest BCUT2D eigenvalue weighted by molar-refractivity contribution is 9.09. The van der Waals surface area contributed by atoms with Crippen LogP contribution in [0.3, 0.4) is 0 Å². The molecule has 3 aliphatic rings. The third-order valence-corrected chi connectivity index (χ3v) is 5.37. The standard InChI is InChI=1S/C14H23BrN4O2/c15-11-5-12(17-20)14(16)13(6-11)19-8-10(9-19)7-18-1-3-21-4-2-18/h10-12H,1-9,16H2. The number of halogens is 1. The zero-order chi connectivity index (χ0) is 14.8. The van der Waals surface area contributed by atoms with Crippen LogP contribution in [-0.2, 0) is 4.74 Å². The van der Waals surface area contributed by atoms with Crippen LogP contribution in [0.25, 0.3) is 0 Å². The maximum Gasteiger partial charge on any atom is 0.134 e. The quantitative estimate of drug-likeness (QED) is 0.602. The van der Waals surface area contributed by atoms with Crippen molar-refractivity contribution in [2.75, 3.05) is 45.9 Å². The molecule has 0 spiro atoms. The Bertz CT molecular complexity index is 419. The van der Waals surface area contributed by atoms with Crippen LogP contribution in [-0.4, -0.2) is 66.6 Å². The molecule has 2 N–H and O–H groups in total. The van der Waals surface area contributed by atoms with Crippen molar-refractivity contribution in [3.8, 4) is 0 Å². The van der Waals surface area contributed by atoms with Gasteiger partial charge in [-0.15, -0.1) is 0 Å². The third-order valence-electron chi connectivity index (χ3n) is 4.67. The molecule has 2 atom stereocenters. The summed E-state index contributed by atoms with van der Waals surface area (Å²) in [4.78, 5) is 16.0. The number of morpholine rings is 1. The van der Waals surface area contributed by atoms with Gasteiger partial charge in [-0.2, -0.15) is 4.91 Å². The Morgan fingerprint density at radius 1 is 1.33 bits per heavy atom. The van der Waals surface area contributed by atoms with E-state index in [4.69, 9.17) is 10.5 Å². The smallest absolute Gasteiger partial charge is 0.134 e. The fourth-order valence-corrected chi connectivity index (χ4v) is 4.10. The summed E-state index contributed by atoms with van der Waals surface area (Å²) in [6.45, 7) is 7.01. The van der Waals surface area contributed by atoms with E-state index in [2.05, 4.69) is 30.9 Å². The Balaban J connectivity index is 1.53. The highest BCUT2D eigenvalue weighted by Gasteiger charge is 2.36. The van der Waals surface area contributed by atoms with Crippen LogP contribution >= 0.6 is 15.9 Å².